The Kier molecular flexibility index (Phi) is 1.22. The molecule has 3 N–H and O–H groups in total. The van der Waals surface area contributed by atoms with Crippen LogP contribution in [-0.4, -0.2) is 5.10 Å². The molecule has 0 radical (unpaired) electrons. The summed E-state index contributed by atoms with van der Waals surface area (Å²) >= 11 is 0. The van der Waals surface area contributed by atoms with E-state index in [0.717, 1.165) is 5.56 Å². The Hall–Kier alpha value is -1.32. The summed E-state index contributed by atoms with van der Waals surface area (Å²) in [5, 5.41) is 2.38. The van der Waals surface area contributed by atoms with Gasteiger partial charge in [0, 0.05) is 11.6 Å². The van der Waals surface area contributed by atoms with Gasteiger partial charge in [-0.1, -0.05) is 5.10 Å². The molecule has 0 unspecified atom stereocenters. The summed E-state index contributed by atoms with van der Waals surface area (Å²) in [6.45, 7) is 1.83. The number of aromatic nitrogens is 2. The molecule has 1 rings (SSSR count). The van der Waals surface area contributed by atoms with Gasteiger partial charge in [-0.05, 0) is 6.92 Å². The van der Waals surface area contributed by atoms with E-state index >= 15 is 0 Å². The molecule has 0 saturated heterocycles. The lowest BCUT2D eigenvalue weighted by atomic mass is 10.3. The fraction of sp³-hybridized carbons (Fsp3) is 0.200. The molecule has 0 aliphatic carbocycles. The third-order valence-corrected chi connectivity index (χ3v) is 1.12. The van der Waals surface area contributed by atoms with E-state index < -0.39 is 0 Å². The van der Waals surface area contributed by atoms with Crippen molar-refractivity contribution >= 4 is 5.82 Å². The average molecular weight is 126 g/mol. The van der Waals surface area contributed by atoms with E-state index in [2.05, 4.69) is 5.10 Å². The number of anilines is 1. The summed E-state index contributed by atoms with van der Waals surface area (Å²) < 4.78 is 0.558. The molecule has 1 aromatic rings. The molecule has 4 heteroatoms. The molecule has 0 aliphatic heterocycles. The molecule has 0 bridgehead atoms. The lowest BCUT2D eigenvalue weighted by molar-refractivity contribution is -0.562. The summed E-state index contributed by atoms with van der Waals surface area (Å²) in [5.41, 5.74) is 6.22. The smallest absolute Gasteiger partial charge is 0.257 e. The number of hydrogen-bond acceptors (Lipinski definition) is 2. The van der Waals surface area contributed by atoms with Gasteiger partial charge in [-0.3, -0.25) is 0 Å². The fourth-order valence-corrected chi connectivity index (χ4v) is 0.513. The van der Waals surface area contributed by atoms with Crippen LogP contribution < -0.4 is 10.3 Å². The highest BCUT2D eigenvalue weighted by Gasteiger charge is 1.95. The number of nitrogens with one attached hydrogen (secondary N) is 1. The minimum Gasteiger partial charge on any atom is -0.381 e. The maximum Gasteiger partial charge on any atom is 0.257 e. The Morgan fingerprint density at radius 3 is 2.89 bits per heavy atom. The molecular weight excluding hydrogens is 118 g/mol. The molecule has 4 nitrogen and oxygen atoms in total. The van der Waals surface area contributed by atoms with E-state index in [1.165, 1.54) is 6.20 Å². The van der Waals surface area contributed by atoms with E-state index in [1.54, 1.807) is 6.07 Å². The van der Waals surface area contributed by atoms with Crippen LogP contribution in [0.25, 0.3) is 0 Å². The lowest BCUT2D eigenvalue weighted by Crippen LogP contribution is -2.20. The highest BCUT2D eigenvalue weighted by Crippen LogP contribution is 1.98. The van der Waals surface area contributed by atoms with Crippen molar-refractivity contribution in [2.75, 3.05) is 5.73 Å². The molecule has 1 aromatic heterocycles. The Labute approximate surface area is 51.9 Å². The van der Waals surface area contributed by atoms with Gasteiger partial charge in [-0.15, -0.1) is 0 Å². The first-order valence-electron chi connectivity index (χ1n) is 2.58. The van der Waals surface area contributed by atoms with Crippen molar-refractivity contribution in [2.45, 2.75) is 6.92 Å². The van der Waals surface area contributed by atoms with Crippen molar-refractivity contribution < 1.29 is 4.54 Å². The molecule has 0 aliphatic rings. The summed E-state index contributed by atoms with van der Waals surface area (Å²) in [7, 11) is 0. The summed E-state index contributed by atoms with van der Waals surface area (Å²) in [5.74, 6) is 0.410. The number of nitrogens with zero attached hydrogens (tertiary/aromatic N) is 1. The van der Waals surface area contributed by atoms with Gasteiger partial charge in [0.05, 0.1) is 4.91 Å². The number of aryl methyl sites for hydroxylation is 1. The van der Waals surface area contributed by atoms with Crippen molar-refractivity contribution in [3.05, 3.63) is 22.7 Å². The van der Waals surface area contributed by atoms with Crippen LogP contribution >= 0.6 is 0 Å². The monoisotopic (exact) mass is 126 g/mol. The van der Waals surface area contributed by atoms with Crippen molar-refractivity contribution in [3.8, 4) is 0 Å². The second kappa shape index (κ2) is 1.89. The minimum absolute atomic E-state index is 0.410. The van der Waals surface area contributed by atoms with Gasteiger partial charge in [-0.25, -0.2) is 0 Å². The number of nitrogen functional groups attached to an aromatic ring is 1. The van der Waals surface area contributed by atoms with Crippen LogP contribution in [0, 0.1) is 11.8 Å². The highest BCUT2D eigenvalue weighted by atomic mass is 16.3. The Morgan fingerprint density at radius 1 is 1.78 bits per heavy atom. The first-order chi connectivity index (χ1) is 4.20. The van der Waals surface area contributed by atoms with Crippen LogP contribution in [0.4, 0.5) is 5.82 Å². The predicted molar refractivity (Wildman–Crippen MR) is 33.3 cm³/mol. The summed E-state index contributed by atoms with van der Waals surface area (Å²) in [6, 6.07) is 1.65. The Morgan fingerprint density at radius 2 is 2.44 bits per heavy atom. The normalized spacial score (nSPS) is 9.44. The first-order valence-corrected chi connectivity index (χ1v) is 2.58. The van der Waals surface area contributed by atoms with Crippen molar-refractivity contribution in [2.24, 2.45) is 0 Å². The highest BCUT2D eigenvalue weighted by molar-refractivity contribution is 5.33. The number of hydrogen-bond donors (Lipinski definition) is 2. The van der Waals surface area contributed by atoms with Gasteiger partial charge in [0.2, 0.25) is 0 Å². The Balaban J connectivity index is 3.34. The quantitative estimate of drug-likeness (QED) is 0.473. The van der Waals surface area contributed by atoms with Crippen molar-refractivity contribution in [3.63, 3.8) is 0 Å². The van der Waals surface area contributed by atoms with Crippen LogP contribution in [0.1, 0.15) is 5.56 Å². The molecule has 1 heterocycles. The zero-order valence-electron chi connectivity index (χ0n) is 5.09. The second-order valence-electron chi connectivity index (χ2n) is 1.85. The van der Waals surface area contributed by atoms with Crippen LogP contribution in [-0.2, 0) is 0 Å². The predicted octanol–water partition coefficient (Wildman–Crippen LogP) is -0.180. The molecule has 0 saturated carbocycles. The van der Waals surface area contributed by atoms with Gasteiger partial charge < -0.3 is 5.73 Å². The summed E-state index contributed by atoms with van der Waals surface area (Å²) in [4.78, 5) is 10.4. The molecule has 0 fully saturated rings. The number of H-pyrrole nitrogens is 1. The first kappa shape index (κ1) is 5.81. The minimum atomic E-state index is 0.410. The maximum absolute atomic E-state index is 10.4. The van der Waals surface area contributed by atoms with Gasteiger partial charge in [0.15, 0.2) is 10.4 Å². The molecule has 0 aromatic carbocycles. The van der Waals surface area contributed by atoms with Crippen molar-refractivity contribution in [1.82, 2.24) is 5.10 Å². The van der Waals surface area contributed by atoms with Crippen LogP contribution in [0.15, 0.2) is 12.3 Å². The van der Waals surface area contributed by atoms with Gasteiger partial charge in [0.1, 0.15) is 0 Å². The van der Waals surface area contributed by atoms with Gasteiger partial charge >= 0.3 is 0 Å². The third kappa shape index (κ3) is 1.07. The van der Waals surface area contributed by atoms with E-state index in [1.807, 2.05) is 6.92 Å². The largest absolute Gasteiger partial charge is 0.381 e. The molecule has 0 atom stereocenters. The second-order valence-corrected chi connectivity index (χ2v) is 1.85. The lowest BCUT2D eigenvalue weighted by Gasteiger charge is -1.88. The zero-order chi connectivity index (χ0) is 6.85. The average Bonchev–Trinajstić information content (AvgIpc) is 1.80. The number of rotatable bonds is 0. The molecular formula is C5H8N3O+. The molecule has 0 spiro atoms. The topological polar surface area (TPSA) is 64.8 Å². The number of aromatic amines is 1. The SMILES string of the molecule is Cc1cc[n+](=O)[nH]c1N. The standard InChI is InChI=1S/C5H8N3O/c1-4-2-3-8(9)7-5(4)6/h2-3H,1H3,(H3,6,7,9)/q+1. The van der Waals surface area contributed by atoms with E-state index in [4.69, 9.17) is 5.73 Å². The van der Waals surface area contributed by atoms with Crippen LogP contribution in [0.2, 0.25) is 0 Å². The van der Waals surface area contributed by atoms with E-state index in [0.29, 0.717) is 10.4 Å². The molecule has 9 heavy (non-hydrogen) atoms. The maximum atomic E-state index is 10.4. The van der Waals surface area contributed by atoms with Crippen LogP contribution in [0.5, 0.6) is 0 Å². The fourth-order valence-electron chi connectivity index (χ4n) is 0.513. The zero-order valence-corrected chi connectivity index (χ0v) is 5.09. The third-order valence-electron chi connectivity index (χ3n) is 1.12. The summed E-state index contributed by atoms with van der Waals surface area (Å²) in [6.07, 6.45) is 1.37. The number of nitrogens with two attached hydrogens (primary N) is 1. The van der Waals surface area contributed by atoms with Crippen molar-refractivity contribution in [1.29, 1.82) is 0 Å². The van der Waals surface area contributed by atoms with E-state index in [-0.39, 0.29) is 0 Å². The van der Waals surface area contributed by atoms with Crippen LogP contribution in [0.3, 0.4) is 0 Å². The Bertz CT molecular complexity index is 265. The molecule has 48 valence electrons. The van der Waals surface area contributed by atoms with Gasteiger partial charge in [0.25, 0.3) is 6.20 Å². The van der Waals surface area contributed by atoms with E-state index in [9.17, 15) is 4.91 Å². The van der Waals surface area contributed by atoms with Gasteiger partial charge in [-0.2, -0.15) is 0 Å². The molecule has 0 amide bonds.